The van der Waals surface area contributed by atoms with E-state index in [0.29, 0.717) is 12.6 Å². The topological polar surface area (TPSA) is 61.8 Å². The lowest BCUT2D eigenvalue weighted by Crippen LogP contribution is -2.53. The molecule has 2 aliphatic heterocycles. The Morgan fingerprint density at radius 2 is 2.07 bits per heavy atom. The van der Waals surface area contributed by atoms with E-state index < -0.39 is 5.97 Å². The van der Waals surface area contributed by atoms with Gasteiger partial charge in [0, 0.05) is 32.2 Å². The molecule has 5 heteroatoms. The summed E-state index contributed by atoms with van der Waals surface area (Å²) in [5, 5.41) is 12.2. The van der Waals surface area contributed by atoms with Crippen molar-refractivity contribution in [3.63, 3.8) is 0 Å². The van der Waals surface area contributed by atoms with Crippen molar-refractivity contribution in [3.05, 3.63) is 0 Å². The molecule has 0 amide bonds. The van der Waals surface area contributed by atoms with Gasteiger partial charge in [-0.3, -0.25) is 9.69 Å². The zero-order valence-electron chi connectivity index (χ0n) is 8.82. The van der Waals surface area contributed by atoms with Gasteiger partial charge < -0.3 is 15.2 Å². The Morgan fingerprint density at radius 1 is 1.33 bits per heavy atom. The molecule has 0 aromatic heterocycles. The van der Waals surface area contributed by atoms with Crippen LogP contribution in [0.1, 0.15) is 6.42 Å². The van der Waals surface area contributed by atoms with Crippen LogP contribution in [0.2, 0.25) is 0 Å². The van der Waals surface area contributed by atoms with Gasteiger partial charge in [-0.2, -0.15) is 0 Å². The zero-order valence-corrected chi connectivity index (χ0v) is 8.82. The summed E-state index contributed by atoms with van der Waals surface area (Å²) in [4.78, 5) is 13.2. The molecule has 0 radical (unpaired) electrons. The quantitative estimate of drug-likeness (QED) is 0.641. The van der Waals surface area contributed by atoms with Crippen molar-refractivity contribution in [3.8, 4) is 0 Å². The van der Waals surface area contributed by atoms with Crippen LogP contribution in [-0.4, -0.2) is 61.4 Å². The van der Waals surface area contributed by atoms with Crippen molar-refractivity contribution in [1.29, 1.82) is 0 Å². The largest absolute Gasteiger partial charge is 0.481 e. The second-order valence-corrected chi connectivity index (χ2v) is 4.23. The second kappa shape index (κ2) is 4.92. The molecule has 2 saturated heterocycles. The molecule has 2 rings (SSSR count). The molecule has 0 unspecified atom stereocenters. The maximum Gasteiger partial charge on any atom is 0.307 e. The molecule has 2 heterocycles. The number of carboxylic acids is 1. The van der Waals surface area contributed by atoms with Crippen LogP contribution in [0.5, 0.6) is 0 Å². The lowest BCUT2D eigenvalue weighted by atomic mass is 9.94. The van der Waals surface area contributed by atoms with E-state index in [9.17, 15) is 4.79 Å². The third-order valence-corrected chi connectivity index (χ3v) is 3.24. The van der Waals surface area contributed by atoms with Crippen LogP contribution in [0.25, 0.3) is 0 Å². The number of hydrogen-bond donors (Lipinski definition) is 2. The van der Waals surface area contributed by atoms with Crippen molar-refractivity contribution in [2.45, 2.75) is 12.5 Å². The van der Waals surface area contributed by atoms with Crippen molar-refractivity contribution < 1.29 is 14.6 Å². The third-order valence-electron chi connectivity index (χ3n) is 3.24. The summed E-state index contributed by atoms with van der Waals surface area (Å²) in [6.45, 7) is 4.92. The third kappa shape index (κ3) is 2.68. The first-order valence-electron chi connectivity index (χ1n) is 5.52. The average Bonchev–Trinajstić information content (AvgIpc) is 2.30. The van der Waals surface area contributed by atoms with Crippen LogP contribution < -0.4 is 5.32 Å². The number of carbonyl (C=O) groups is 1. The molecule has 2 fully saturated rings. The second-order valence-electron chi connectivity index (χ2n) is 4.23. The van der Waals surface area contributed by atoms with Gasteiger partial charge in [0.2, 0.25) is 0 Å². The Balaban J connectivity index is 1.88. The highest BCUT2D eigenvalue weighted by Gasteiger charge is 2.30. The minimum absolute atomic E-state index is 0.230. The van der Waals surface area contributed by atoms with E-state index in [1.54, 1.807) is 0 Å². The number of nitrogens with one attached hydrogen (secondary N) is 1. The lowest BCUT2D eigenvalue weighted by Gasteiger charge is -2.38. The van der Waals surface area contributed by atoms with Gasteiger partial charge >= 0.3 is 5.97 Å². The Labute approximate surface area is 89.4 Å². The fraction of sp³-hybridized carbons (Fsp3) is 0.900. The Morgan fingerprint density at radius 3 is 2.73 bits per heavy atom. The zero-order chi connectivity index (χ0) is 10.7. The standard InChI is InChI=1S/C10H18N2O3/c13-10(14)8-5-9(7-11-6-8)12-1-3-15-4-2-12/h8-9,11H,1-7H2,(H,13,14)/t8-,9-/m1/s1. The van der Waals surface area contributed by atoms with E-state index in [1.165, 1.54) is 0 Å². The Hall–Kier alpha value is -0.650. The Kier molecular flexibility index (Phi) is 3.56. The van der Waals surface area contributed by atoms with Crippen molar-refractivity contribution >= 4 is 5.97 Å². The summed E-state index contributed by atoms with van der Waals surface area (Å²) in [6.07, 6.45) is 0.766. The maximum absolute atomic E-state index is 10.9. The van der Waals surface area contributed by atoms with Crippen LogP contribution in [0, 0.1) is 5.92 Å². The summed E-state index contributed by atoms with van der Waals surface area (Å²) in [5.41, 5.74) is 0. The number of carboxylic acid groups (broad SMARTS) is 1. The van der Waals surface area contributed by atoms with Gasteiger partial charge in [-0.1, -0.05) is 0 Å². The molecular weight excluding hydrogens is 196 g/mol. The highest BCUT2D eigenvalue weighted by atomic mass is 16.5. The lowest BCUT2D eigenvalue weighted by molar-refractivity contribution is -0.143. The minimum Gasteiger partial charge on any atom is -0.481 e. The van der Waals surface area contributed by atoms with Crippen molar-refractivity contribution in [2.75, 3.05) is 39.4 Å². The highest BCUT2D eigenvalue weighted by molar-refractivity contribution is 5.70. The van der Waals surface area contributed by atoms with E-state index in [2.05, 4.69) is 10.2 Å². The van der Waals surface area contributed by atoms with Gasteiger partial charge in [0.15, 0.2) is 0 Å². The molecule has 0 bridgehead atoms. The fourth-order valence-corrected chi connectivity index (χ4v) is 2.33. The van der Waals surface area contributed by atoms with E-state index >= 15 is 0 Å². The molecule has 86 valence electrons. The number of hydrogen-bond acceptors (Lipinski definition) is 4. The maximum atomic E-state index is 10.9. The van der Waals surface area contributed by atoms with E-state index in [1.807, 2.05) is 0 Å². The molecule has 2 N–H and O–H groups in total. The van der Waals surface area contributed by atoms with Crippen LogP contribution in [0.15, 0.2) is 0 Å². The smallest absolute Gasteiger partial charge is 0.307 e. The first-order chi connectivity index (χ1) is 7.27. The predicted molar refractivity (Wildman–Crippen MR) is 54.8 cm³/mol. The van der Waals surface area contributed by atoms with Crippen molar-refractivity contribution in [1.82, 2.24) is 10.2 Å². The first kappa shape index (κ1) is 10.9. The molecule has 15 heavy (non-hydrogen) atoms. The van der Waals surface area contributed by atoms with Crippen molar-refractivity contribution in [2.24, 2.45) is 5.92 Å². The number of piperidine rings is 1. The highest BCUT2D eigenvalue weighted by Crippen LogP contribution is 2.17. The van der Waals surface area contributed by atoms with Gasteiger partial charge in [0.1, 0.15) is 0 Å². The summed E-state index contributed by atoms with van der Waals surface area (Å²) in [5.74, 6) is -0.910. The van der Waals surface area contributed by atoms with Gasteiger partial charge in [-0.25, -0.2) is 0 Å². The van der Waals surface area contributed by atoms with Gasteiger partial charge in [0.25, 0.3) is 0 Å². The van der Waals surface area contributed by atoms with Gasteiger partial charge in [-0.05, 0) is 6.42 Å². The van der Waals surface area contributed by atoms with Crippen LogP contribution in [-0.2, 0) is 9.53 Å². The van der Waals surface area contributed by atoms with Gasteiger partial charge in [-0.15, -0.1) is 0 Å². The number of aliphatic carboxylic acids is 1. The summed E-state index contributed by atoms with van der Waals surface area (Å²) >= 11 is 0. The molecule has 2 atom stereocenters. The molecular formula is C10H18N2O3. The molecule has 0 aromatic carbocycles. The molecule has 0 aromatic rings. The SMILES string of the molecule is O=C(O)[C@H]1CNC[C@H](N2CCOCC2)C1. The number of ether oxygens (including phenoxy) is 1. The van der Waals surface area contributed by atoms with Crippen LogP contribution in [0.4, 0.5) is 0 Å². The summed E-state index contributed by atoms with van der Waals surface area (Å²) in [6, 6.07) is 0.365. The minimum atomic E-state index is -0.680. The van der Waals surface area contributed by atoms with E-state index in [-0.39, 0.29) is 5.92 Å². The predicted octanol–water partition coefficient (Wildman–Crippen LogP) is -0.619. The van der Waals surface area contributed by atoms with Crippen LogP contribution >= 0.6 is 0 Å². The summed E-state index contributed by atoms with van der Waals surface area (Å²) in [7, 11) is 0. The average molecular weight is 214 g/mol. The van der Waals surface area contributed by atoms with E-state index in [0.717, 1.165) is 39.3 Å². The molecule has 0 saturated carbocycles. The molecule has 2 aliphatic rings. The number of morpholine rings is 1. The number of nitrogens with zero attached hydrogens (tertiary/aromatic N) is 1. The van der Waals surface area contributed by atoms with E-state index in [4.69, 9.17) is 9.84 Å². The number of rotatable bonds is 2. The van der Waals surface area contributed by atoms with Crippen LogP contribution in [0.3, 0.4) is 0 Å². The molecule has 0 aliphatic carbocycles. The monoisotopic (exact) mass is 214 g/mol. The first-order valence-corrected chi connectivity index (χ1v) is 5.52. The molecule has 5 nitrogen and oxygen atoms in total. The Bertz CT molecular complexity index is 229. The van der Waals surface area contributed by atoms with Gasteiger partial charge in [0.05, 0.1) is 19.1 Å². The normalized spacial score (nSPS) is 33.9. The molecule has 0 spiro atoms. The fourth-order valence-electron chi connectivity index (χ4n) is 2.33. The summed E-state index contributed by atoms with van der Waals surface area (Å²) < 4.78 is 5.29.